The second-order valence-electron chi connectivity index (χ2n) is 5.65. The quantitative estimate of drug-likeness (QED) is 0.586. The van der Waals surface area contributed by atoms with Crippen molar-refractivity contribution < 1.29 is 4.79 Å². The van der Waals surface area contributed by atoms with Crippen molar-refractivity contribution in [2.45, 2.75) is 52.4 Å². The molecule has 0 bridgehead atoms. The van der Waals surface area contributed by atoms with Gasteiger partial charge in [-0.25, -0.2) is 0 Å². The van der Waals surface area contributed by atoms with Crippen LogP contribution in [0, 0.1) is 11.3 Å². The molecule has 1 aliphatic carbocycles. The lowest BCUT2D eigenvalue weighted by atomic mass is 9.68. The summed E-state index contributed by atoms with van der Waals surface area (Å²) in [5, 5.41) is 3.01. The Morgan fingerprint density at radius 2 is 2.18 bits per heavy atom. The lowest BCUT2D eigenvalue weighted by Gasteiger charge is -2.37. The first-order valence-electron chi connectivity index (χ1n) is 6.49. The lowest BCUT2D eigenvalue weighted by molar-refractivity contribution is -0.130. The van der Waals surface area contributed by atoms with E-state index in [1.807, 2.05) is 0 Å². The van der Waals surface area contributed by atoms with E-state index in [2.05, 4.69) is 19.2 Å². The zero-order valence-electron chi connectivity index (χ0n) is 10.9. The van der Waals surface area contributed by atoms with Crippen LogP contribution >= 0.6 is 12.2 Å². The molecule has 98 valence electrons. The van der Waals surface area contributed by atoms with Crippen molar-refractivity contribution in [3.8, 4) is 0 Å². The highest BCUT2D eigenvalue weighted by Crippen LogP contribution is 2.40. The molecule has 0 aromatic rings. The maximum atomic E-state index is 12.1. The molecule has 1 unspecified atom stereocenters. The van der Waals surface area contributed by atoms with Gasteiger partial charge in [0.2, 0.25) is 5.91 Å². The molecule has 1 rings (SSSR count). The third-order valence-electron chi connectivity index (χ3n) is 3.72. The number of amides is 1. The van der Waals surface area contributed by atoms with Crippen molar-refractivity contribution in [3.05, 3.63) is 0 Å². The van der Waals surface area contributed by atoms with Gasteiger partial charge in [0.25, 0.3) is 0 Å². The summed E-state index contributed by atoms with van der Waals surface area (Å²) in [6.07, 6.45) is 6.15. The summed E-state index contributed by atoms with van der Waals surface area (Å²) in [6, 6.07) is 0. The normalized spacial score (nSPS) is 23.1. The Labute approximate surface area is 110 Å². The molecule has 0 aromatic heterocycles. The highest BCUT2D eigenvalue weighted by molar-refractivity contribution is 7.80. The van der Waals surface area contributed by atoms with Crippen molar-refractivity contribution in [2.24, 2.45) is 17.1 Å². The van der Waals surface area contributed by atoms with E-state index in [0.717, 1.165) is 19.3 Å². The maximum Gasteiger partial charge on any atom is 0.223 e. The predicted molar refractivity (Wildman–Crippen MR) is 74.8 cm³/mol. The van der Waals surface area contributed by atoms with Crippen molar-refractivity contribution >= 4 is 23.1 Å². The molecule has 0 saturated heterocycles. The van der Waals surface area contributed by atoms with Crippen LogP contribution in [0.25, 0.3) is 0 Å². The Balaban J connectivity index is 2.33. The van der Waals surface area contributed by atoms with Crippen LogP contribution < -0.4 is 11.1 Å². The van der Waals surface area contributed by atoms with Crippen molar-refractivity contribution in [2.75, 3.05) is 6.54 Å². The van der Waals surface area contributed by atoms with Gasteiger partial charge >= 0.3 is 0 Å². The molecule has 1 fully saturated rings. The van der Waals surface area contributed by atoms with E-state index in [4.69, 9.17) is 18.0 Å². The Kier molecular flexibility index (Phi) is 5.37. The number of rotatable bonds is 5. The number of carbonyl (C=O) groups excluding carboxylic acids is 1. The molecule has 0 radical (unpaired) electrons. The van der Waals surface area contributed by atoms with Gasteiger partial charge in [-0.2, -0.15) is 0 Å². The smallest absolute Gasteiger partial charge is 0.223 e. The molecule has 0 heterocycles. The first-order valence-corrected chi connectivity index (χ1v) is 6.90. The standard InChI is InChI=1S/C13H24N2OS/c1-13(2)8-4-3-6-10(13)12(16)15-9-5-7-11(14)17/h10H,3-9H2,1-2H3,(H2,14,17)(H,15,16). The van der Waals surface area contributed by atoms with Gasteiger partial charge in [-0.15, -0.1) is 0 Å². The Hall–Kier alpha value is -0.640. The van der Waals surface area contributed by atoms with Crippen LogP contribution in [0.5, 0.6) is 0 Å². The first-order chi connectivity index (χ1) is 7.93. The first kappa shape index (κ1) is 14.4. The summed E-state index contributed by atoms with van der Waals surface area (Å²) in [5.41, 5.74) is 5.56. The van der Waals surface area contributed by atoms with Crippen LogP contribution in [0.4, 0.5) is 0 Å². The Morgan fingerprint density at radius 1 is 1.47 bits per heavy atom. The molecule has 0 spiro atoms. The van der Waals surface area contributed by atoms with Crippen molar-refractivity contribution in [1.29, 1.82) is 0 Å². The van der Waals surface area contributed by atoms with E-state index in [0.29, 0.717) is 18.0 Å². The molecule has 1 aliphatic rings. The zero-order valence-corrected chi connectivity index (χ0v) is 11.7. The average Bonchev–Trinajstić information content (AvgIpc) is 2.23. The molecule has 1 amide bonds. The number of carbonyl (C=O) groups is 1. The molecule has 1 atom stereocenters. The number of nitrogens with two attached hydrogens (primary N) is 1. The monoisotopic (exact) mass is 256 g/mol. The summed E-state index contributed by atoms with van der Waals surface area (Å²) in [4.78, 5) is 12.6. The van der Waals surface area contributed by atoms with E-state index in [1.54, 1.807) is 0 Å². The van der Waals surface area contributed by atoms with E-state index >= 15 is 0 Å². The van der Waals surface area contributed by atoms with Crippen LogP contribution in [-0.2, 0) is 4.79 Å². The highest BCUT2D eigenvalue weighted by Gasteiger charge is 2.36. The van der Waals surface area contributed by atoms with Gasteiger partial charge < -0.3 is 11.1 Å². The summed E-state index contributed by atoms with van der Waals surface area (Å²) < 4.78 is 0. The van der Waals surface area contributed by atoms with Crippen LogP contribution in [0.2, 0.25) is 0 Å². The third-order valence-corrected chi connectivity index (χ3v) is 3.93. The van der Waals surface area contributed by atoms with Crippen molar-refractivity contribution in [1.82, 2.24) is 5.32 Å². The summed E-state index contributed by atoms with van der Waals surface area (Å²) >= 11 is 4.80. The van der Waals surface area contributed by atoms with Gasteiger partial charge in [0, 0.05) is 12.5 Å². The topological polar surface area (TPSA) is 55.1 Å². The second-order valence-corrected chi connectivity index (χ2v) is 6.17. The van der Waals surface area contributed by atoms with Crippen LogP contribution in [-0.4, -0.2) is 17.4 Å². The van der Waals surface area contributed by atoms with E-state index in [-0.39, 0.29) is 17.2 Å². The minimum atomic E-state index is 0.144. The zero-order chi connectivity index (χ0) is 12.9. The Bertz CT molecular complexity index is 289. The van der Waals surface area contributed by atoms with Crippen LogP contribution in [0.15, 0.2) is 0 Å². The van der Waals surface area contributed by atoms with Gasteiger partial charge in [-0.1, -0.05) is 38.9 Å². The Morgan fingerprint density at radius 3 is 2.76 bits per heavy atom. The summed E-state index contributed by atoms with van der Waals surface area (Å²) in [5.74, 6) is 0.374. The van der Waals surface area contributed by atoms with Gasteiger partial charge in [0.1, 0.15) is 0 Å². The highest BCUT2D eigenvalue weighted by atomic mass is 32.1. The molecule has 17 heavy (non-hydrogen) atoms. The van der Waals surface area contributed by atoms with Gasteiger partial charge in [-0.3, -0.25) is 4.79 Å². The van der Waals surface area contributed by atoms with Crippen LogP contribution in [0.3, 0.4) is 0 Å². The SMILES string of the molecule is CC1(C)CCCCC1C(=O)NCCCC(N)=S. The molecule has 3 N–H and O–H groups in total. The summed E-state index contributed by atoms with van der Waals surface area (Å²) in [7, 11) is 0. The maximum absolute atomic E-state index is 12.1. The van der Waals surface area contributed by atoms with E-state index in [9.17, 15) is 4.79 Å². The van der Waals surface area contributed by atoms with Gasteiger partial charge in [0.05, 0.1) is 4.99 Å². The average molecular weight is 256 g/mol. The fourth-order valence-electron chi connectivity index (χ4n) is 2.58. The number of hydrogen-bond donors (Lipinski definition) is 2. The molecule has 3 nitrogen and oxygen atoms in total. The molecule has 4 heteroatoms. The molecular weight excluding hydrogens is 232 g/mol. The largest absolute Gasteiger partial charge is 0.393 e. The summed E-state index contributed by atoms with van der Waals surface area (Å²) in [6.45, 7) is 5.08. The number of nitrogens with one attached hydrogen (secondary N) is 1. The van der Waals surface area contributed by atoms with Gasteiger partial charge in [-0.05, 0) is 31.1 Å². The molecular formula is C13H24N2OS. The fourth-order valence-corrected chi connectivity index (χ4v) is 2.72. The van der Waals surface area contributed by atoms with Crippen molar-refractivity contribution in [3.63, 3.8) is 0 Å². The minimum Gasteiger partial charge on any atom is -0.393 e. The minimum absolute atomic E-state index is 0.144. The number of hydrogen-bond acceptors (Lipinski definition) is 2. The van der Waals surface area contributed by atoms with Gasteiger partial charge in [0.15, 0.2) is 0 Å². The molecule has 0 aromatic carbocycles. The molecule has 0 aliphatic heterocycles. The predicted octanol–water partition coefficient (Wildman–Crippen LogP) is 2.39. The lowest BCUT2D eigenvalue weighted by Crippen LogP contribution is -2.41. The molecule has 1 saturated carbocycles. The van der Waals surface area contributed by atoms with E-state index in [1.165, 1.54) is 12.8 Å². The number of thiocarbonyl (C=S) groups is 1. The van der Waals surface area contributed by atoms with E-state index < -0.39 is 0 Å². The third kappa shape index (κ3) is 4.62. The fraction of sp³-hybridized carbons (Fsp3) is 0.846. The van der Waals surface area contributed by atoms with Crippen LogP contribution in [0.1, 0.15) is 52.4 Å². The second kappa shape index (κ2) is 6.34.